The molecule has 0 saturated heterocycles. The summed E-state index contributed by atoms with van der Waals surface area (Å²) in [7, 11) is 0. The van der Waals surface area contributed by atoms with Gasteiger partial charge in [-0.3, -0.25) is 4.79 Å². The minimum Gasteiger partial charge on any atom is -0.393 e. The Morgan fingerprint density at radius 1 is 1.65 bits per heavy atom. The Balaban J connectivity index is 2.34. The smallest absolute Gasteiger partial charge is 0.179 e. The maximum Gasteiger partial charge on any atom is 0.179 e. The van der Waals surface area contributed by atoms with Crippen LogP contribution in [0.15, 0.2) is 17.8 Å². The molecular formula is C13H20N2O2. The van der Waals surface area contributed by atoms with Crippen LogP contribution in [0, 0.1) is 23.7 Å². The van der Waals surface area contributed by atoms with Crippen molar-refractivity contribution < 1.29 is 9.90 Å². The molecule has 5 atom stereocenters. The Kier molecular flexibility index (Phi) is 3.33. The van der Waals surface area contributed by atoms with Crippen LogP contribution < -0.4 is 5.84 Å². The SMILES string of the molecule is C=CC[C@@H]1CC(O)C2C1/C(=N/N)C(=O)C[C@H]2C. The largest absolute Gasteiger partial charge is 0.393 e. The first-order valence-electron chi connectivity index (χ1n) is 6.20. The van der Waals surface area contributed by atoms with E-state index in [1.807, 2.05) is 13.0 Å². The Morgan fingerprint density at radius 3 is 2.94 bits per heavy atom. The number of nitrogens with zero attached hydrogens (tertiary/aromatic N) is 1. The van der Waals surface area contributed by atoms with Crippen LogP contribution in [0.5, 0.6) is 0 Å². The molecule has 0 spiro atoms. The highest BCUT2D eigenvalue weighted by Crippen LogP contribution is 2.47. The van der Waals surface area contributed by atoms with Crippen LogP contribution in [0.4, 0.5) is 0 Å². The number of hydrogen-bond donors (Lipinski definition) is 2. The molecule has 0 amide bonds. The van der Waals surface area contributed by atoms with Gasteiger partial charge in [0.15, 0.2) is 5.78 Å². The Labute approximate surface area is 102 Å². The van der Waals surface area contributed by atoms with Gasteiger partial charge in [-0.1, -0.05) is 13.0 Å². The van der Waals surface area contributed by atoms with Crippen LogP contribution >= 0.6 is 0 Å². The number of hydrazone groups is 1. The minimum absolute atomic E-state index is 0.0178. The fraction of sp³-hybridized carbons (Fsp3) is 0.692. The van der Waals surface area contributed by atoms with Crippen LogP contribution in [0.1, 0.15) is 26.2 Å². The van der Waals surface area contributed by atoms with Crippen molar-refractivity contribution in [2.75, 3.05) is 0 Å². The lowest BCUT2D eigenvalue weighted by molar-refractivity contribution is -0.116. The second-order valence-electron chi connectivity index (χ2n) is 5.31. The molecule has 2 fully saturated rings. The van der Waals surface area contributed by atoms with E-state index in [9.17, 15) is 9.90 Å². The highest BCUT2D eigenvalue weighted by Gasteiger charge is 2.51. The number of hydrogen-bond acceptors (Lipinski definition) is 4. The highest BCUT2D eigenvalue weighted by molar-refractivity contribution is 6.41. The van der Waals surface area contributed by atoms with Gasteiger partial charge in [-0.05, 0) is 30.6 Å². The number of carbonyl (C=O) groups excluding carboxylic acids is 1. The van der Waals surface area contributed by atoms with E-state index < -0.39 is 0 Å². The first-order valence-corrected chi connectivity index (χ1v) is 6.20. The molecule has 4 nitrogen and oxygen atoms in total. The fourth-order valence-electron chi connectivity index (χ4n) is 3.64. The van der Waals surface area contributed by atoms with Crippen molar-refractivity contribution in [3.63, 3.8) is 0 Å². The van der Waals surface area contributed by atoms with E-state index in [1.165, 1.54) is 0 Å². The number of aliphatic hydroxyl groups excluding tert-OH is 1. The summed E-state index contributed by atoms with van der Waals surface area (Å²) >= 11 is 0. The van der Waals surface area contributed by atoms with E-state index >= 15 is 0 Å². The Bertz CT molecular complexity index is 364. The predicted octanol–water partition coefficient (Wildman–Crippen LogP) is 1.10. The molecule has 2 rings (SSSR count). The van der Waals surface area contributed by atoms with Crippen molar-refractivity contribution in [2.24, 2.45) is 34.6 Å². The minimum atomic E-state index is -0.343. The lowest BCUT2D eigenvalue weighted by Crippen LogP contribution is -2.43. The summed E-state index contributed by atoms with van der Waals surface area (Å²) < 4.78 is 0. The van der Waals surface area contributed by atoms with Gasteiger partial charge in [0.1, 0.15) is 5.71 Å². The van der Waals surface area contributed by atoms with Gasteiger partial charge in [0.2, 0.25) is 0 Å². The van der Waals surface area contributed by atoms with E-state index in [0.29, 0.717) is 12.1 Å². The number of nitrogens with two attached hydrogens (primary N) is 1. The molecule has 3 unspecified atom stereocenters. The second kappa shape index (κ2) is 4.61. The zero-order chi connectivity index (χ0) is 12.6. The molecule has 0 heterocycles. The molecule has 0 aromatic heterocycles. The molecule has 0 aromatic rings. The molecule has 0 aliphatic heterocycles. The van der Waals surface area contributed by atoms with Crippen LogP contribution in [-0.4, -0.2) is 22.7 Å². The lowest BCUT2D eigenvalue weighted by atomic mass is 9.69. The van der Waals surface area contributed by atoms with Gasteiger partial charge in [-0.25, -0.2) is 0 Å². The summed E-state index contributed by atoms with van der Waals surface area (Å²) in [6, 6.07) is 0. The average Bonchev–Trinajstić information content (AvgIpc) is 2.57. The first kappa shape index (κ1) is 12.3. The molecule has 4 heteroatoms. The van der Waals surface area contributed by atoms with Crippen LogP contribution in [0.25, 0.3) is 0 Å². The molecule has 0 bridgehead atoms. The van der Waals surface area contributed by atoms with Crippen molar-refractivity contribution in [1.82, 2.24) is 0 Å². The van der Waals surface area contributed by atoms with Gasteiger partial charge in [-0.15, -0.1) is 6.58 Å². The standard InChI is InChI=1S/C13H20N2O2/c1-3-4-8-6-9(16)11-7(2)5-10(17)13(15-14)12(8)11/h3,7-9,11-12,16H,1,4-6,14H2,2H3/b15-13+/t7-,8-,9?,11?,12?/m1/s1. The topological polar surface area (TPSA) is 75.7 Å². The molecule has 0 radical (unpaired) electrons. The summed E-state index contributed by atoms with van der Waals surface area (Å²) in [4.78, 5) is 11.9. The zero-order valence-electron chi connectivity index (χ0n) is 10.2. The third-order valence-electron chi connectivity index (χ3n) is 4.29. The Morgan fingerprint density at radius 2 is 2.35 bits per heavy atom. The van der Waals surface area contributed by atoms with Gasteiger partial charge in [0, 0.05) is 12.3 Å². The third kappa shape index (κ3) is 1.90. The summed E-state index contributed by atoms with van der Waals surface area (Å²) in [5.41, 5.74) is 0.483. The lowest BCUT2D eigenvalue weighted by Gasteiger charge is -2.34. The predicted molar refractivity (Wildman–Crippen MR) is 66.3 cm³/mol. The second-order valence-corrected chi connectivity index (χ2v) is 5.31. The van der Waals surface area contributed by atoms with Gasteiger partial charge in [-0.2, -0.15) is 5.10 Å². The van der Waals surface area contributed by atoms with Crippen LogP contribution in [0.3, 0.4) is 0 Å². The van der Waals surface area contributed by atoms with E-state index in [1.54, 1.807) is 0 Å². The fourth-order valence-corrected chi connectivity index (χ4v) is 3.64. The Hall–Kier alpha value is -1.16. The maximum atomic E-state index is 11.9. The molecule has 2 aliphatic carbocycles. The molecular weight excluding hydrogens is 216 g/mol. The highest BCUT2D eigenvalue weighted by atomic mass is 16.3. The van der Waals surface area contributed by atoms with E-state index in [-0.39, 0.29) is 35.6 Å². The molecule has 3 N–H and O–H groups in total. The number of carbonyl (C=O) groups is 1. The maximum absolute atomic E-state index is 11.9. The van der Waals surface area contributed by atoms with Crippen LogP contribution in [-0.2, 0) is 4.79 Å². The summed E-state index contributed by atoms with van der Waals surface area (Å²) in [5.74, 6) is 6.01. The molecule has 2 saturated carbocycles. The third-order valence-corrected chi connectivity index (χ3v) is 4.29. The van der Waals surface area contributed by atoms with Crippen molar-refractivity contribution in [1.29, 1.82) is 0 Å². The average molecular weight is 236 g/mol. The zero-order valence-corrected chi connectivity index (χ0v) is 10.2. The monoisotopic (exact) mass is 236 g/mol. The number of ketones is 1. The van der Waals surface area contributed by atoms with Crippen molar-refractivity contribution in [3.05, 3.63) is 12.7 Å². The van der Waals surface area contributed by atoms with Gasteiger partial charge in [0.25, 0.3) is 0 Å². The van der Waals surface area contributed by atoms with Crippen molar-refractivity contribution in [2.45, 2.75) is 32.3 Å². The van der Waals surface area contributed by atoms with Gasteiger partial charge in [0.05, 0.1) is 6.10 Å². The summed E-state index contributed by atoms with van der Waals surface area (Å²) in [5, 5.41) is 13.8. The first-order chi connectivity index (χ1) is 8.10. The van der Waals surface area contributed by atoms with Gasteiger partial charge < -0.3 is 10.9 Å². The van der Waals surface area contributed by atoms with E-state index in [2.05, 4.69) is 11.7 Å². The van der Waals surface area contributed by atoms with E-state index in [4.69, 9.17) is 5.84 Å². The number of allylic oxidation sites excluding steroid dienone is 1. The normalized spacial score (nSPS) is 43.8. The van der Waals surface area contributed by atoms with Crippen LogP contribution in [0.2, 0.25) is 0 Å². The molecule has 0 aromatic carbocycles. The number of fused-ring (bicyclic) bond motifs is 1. The number of Topliss-reactive ketones (excluding diaryl/α,β-unsaturated/α-hetero) is 1. The number of aliphatic hydroxyl groups is 1. The van der Waals surface area contributed by atoms with Crippen molar-refractivity contribution in [3.8, 4) is 0 Å². The summed E-state index contributed by atoms with van der Waals surface area (Å²) in [6.45, 7) is 5.77. The molecule has 94 valence electrons. The molecule has 2 aliphatic rings. The van der Waals surface area contributed by atoms with E-state index in [0.717, 1.165) is 12.8 Å². The van der Waals surface area contributed by atoms with Gasteiger partial charge >= 0.3 is 0 Å². The summed E-state index contributed by atoms with van der Waals surface area (Å²) in [6.07, 6.45) is 3.48. The van der Waals surface area contributed by atoms with Crippen molar-refractivity contribution >= 4 is 11.5 Å². The molecule has 17 heavy (non-hydrogen) atoms. The number of rotatable bonds is 2. The quantitative estimate of drug-likeness (QED) is 0.428.